The Morgan fingerprint density at radius 3 is 3.12 bits per heavy atom. The molecule has 0 amide bonds. The zero-order chi connectivity index (χ0) is 11.4. The topological polar surface area (TPSA) is 24.9 Å². The molecular weight excluding hydrogens is 267 g/mol. The molecule has 1 unspecified atom stereocenters. The number of nitrogens with zero attached hydrogens (tertiary/aromatic N) is 1. The minimum atomic E-state index is -0.388. The third kappa shape index (κ3) is 3.43. The fourth-order valence-electron chi connectivity index (χ4n) is 1.41. The van der Waals surface area contributed by atoms with Gasteiger partial charge in [-0.25, -0.2) is 9.37 Å². The first kappa shape index (κ1) is 12.3. The average Bonchev–Trinajstić information content (AvgIpc) is 2.29. The molecule has 1 fully saturated rings. The summed E-state index contributed by atoms with van der Waals surface area (Å²) in [5, 5.41) is 3.89. The zero-order valence-electron chi connectivity index (χ0n) is 8.58. The predicted molar refractivity (Wildman–Crippen MR) is 71.3 cm³/mol. The molecule has 0 aliphatic carbocycles. The molecule has 6 heteroatoms. The van der Waals surface area contributed by atoms with Gasteiger partial charge in [-0.2, -0.15) is 23.5 Å². The minimum absolute atomic E-state index is 0.292. The molecule has 0 spiro atoms. The SMILES string of the molecule is Fc1cc(Cl)cnc1NCC1CSCCS1. The molecule has 1 N–H and O–H groups in total. The van der Waals surface area contributed by atoms with Crippen LogP contribution in [0, 0.1) is 5.82 Å². The maximum absolute atomic E-state index is 13.4. The number of hydrogen-bond donors (Lipinski definition) is 1. The molecule has 0 radical (unpaired) electrons. The first-order valence-electron chi connectivity index (χ1n) is 5.00. The van der Waals surface area contributed by atoms with Crippen molar-refractivity contribution >= 4 is 40.9 Å². The molecule has 0 bridgehead atoms. The van der Waals surface area contributed by atoms with Crippen molar-refractivity contribution in [3.8, 4) is 0 Å². The number of hydrogen-bond acceptors (Lipinski definition) is 4. The van der Waals surface area contributed by atoms with Crippen molar-refractivity contribution < 1.29 is 4.39 Å². The quantitative estimate of drug-likeness (QED) is 0.918. The molecule has 1 saturated heterocycles. The molecule has 2 rings (SSSR count). The number of rotatable bonds is 3. The van der Waals surface area contributed by atoms with Crippen LogP contribution in [0.25, 0.3) is 0 Å². The third-order valence-electron chi connectivity index (χ3n) is 2.19. The summed E-state index contributed by atoms with van der Waals surface area (Å²) < 4.78 is 13.4. The summed E-state index contributed by atoms with van der Waals surface area (Å²) in [7, 11) is 0. The molecule has 1 aromatic heterocycles. The lowest BCUT2D eigenvalue weighted by Gasteiger charge is -2.21. The molecule has 16 heavy (non-hydrogen) atoms. The van der Waals surface area contributed by atoms with E-state index in [1.165, 1.54) is 23.8 Å². The van der Waals surface area contributed by atoms with Crippen molar-refractivity contribution in [2.75, 3.05) is 29.1 Å². The lowest BCUT2D eigenvalue weighted by atomic mass is 10.4. The highest BCUT2D eigenvalue weighted by Gasteiger charge is 2.14. The zero-order valence-corrected chi connectivity index (χ0v) is 11.0. The first-order chi connectivity index (χ1) is 7.75. The molecule has 2 nitrogen and oxygen atoms in total. The van der Waals surface area contributed by atoms with Crippen LogP contribution in [0.5, 0.6) is 0 Å². The second kappa shape index (κ2) is 5.98. The Labute approximate surface area is 108 Å². The molecule has 1 atom stereocenters. The van der Waals surface area contributed by atoms with Crippen molar-refractivity contribution in [2.45, 2.75) is 5.25 Å². The molecular formula is C10H12ClFN2S2. The number of nitrogens with one attached hydrogen (secondary N) is 1. The van der Waals surface area contributed by atoms with Crippen LogP contribution in [0.15, 0.2) is 12.3 Å². The Morgan fingerprint density at radius 2 is 2.44 bits per heavy atom. The summed E-state index contributed by atoms with van der Waals surface area (Å²) >= 11 is 9.51. The molecule has 1 aliphatic heterocycles. The second-order valence-corrected chi connectivity index (χ2v) is 6.43. The van der Waals surface area contributed by atoms with Gasteiger partial charge < -0.3 is 5.32 Å². The van der Waals surface area contributed by atoms with E-state index in [1.807, 2.05) is 23.5 Å². The van der Waals surface area contributed by atoms with Crippen molar-refractivity contribution in [1.82, 2.24) is 4.98 Å². The summed E-state index contributed by atoms with van der Waals surface area (Å²) in [6, 6.07) is 1.28. The summed E-state index contributed by atoms with van der Waals surface area (Å²) in [6.45, 7) is 0.753. The van der Waals surface area contributed by atoms with E-state index in [-0.39, 0.29) is 5.82 Å². The normalized spacial score (nSPS) is 20.8. The van der Waals surface area contributed by atoms with Gasteiger partial charge in [0.1, 0.15) is 0 Å². The highest BCUT2D eigenvalue weighted by atomic mass is 35.5. The Morgan fingerprint density at radius 1 is 1.56 bits per heavy atom. The van der Waals surface area contributed by atoms with E-state index >= 15 is 0 Å². The Bertz CT molecular complexity index is 359. The van der Waals surface area contributed by atoms with E-state index in [4.69, 9.17) is 11.6 Å². The molecule has 0 saturated carbocycles. The lowest BCUT2D eigenvalue weighted by molar-refractivity contribution is 0.624. The highest BCUT2D eigenvalue weighted by Crippen LogP contribution is 2.24. The largest absolute Gasteiger partial charge is 0.366 e. The summed E-state index contributed by atoms with van der Waals surface area (Å²) in [5.41, 5.74) is 0. The van der Waals surface area contributed by atoms with Crippen LogP contribution in [0.2, 0.25) is 5.02 Å². The van der Waals surface area contributed by atoms with Crippen LogP contribution in [-0.2, 0) is 0 Å². The van der Waals surface area contributed by atoms with E-state index in [9.17, 15) is 4.39 Å². The Hall–Kier alpha value is -0.130. The molecule has 1 aliphatic rings. The molecule has 1 aromatic rings. The van der Waals surface area contributed by atoms with Crippen LogP contribution >= 0.6 is 35.1 Å². The van der Waals surface area contributed by atoms with E-state index in [0.29, 0.717) is 16.1 Å². The van der Waals surface area contributed by atoms with Crippen LogP contribution in [0.3, 0.4) is 0 Å². The van der Waals surface area contributed by atoms with Gasteiger partial charge in [-0.15, -0.1) is 0 Å². The number of halogens is 2. The summed E-state index contributed by atoms with van der Waals surface area (Å²) in [5.74, 6) is 3.41. The Kier molecular flexibility index (Phi) is 4.61. The van der Waals surface area contributed by atoms with Crippen LogP contribution < -0.4 is 5.32 Å². The second-order valence-electron chi connectivity index (χ2n) is 3.43. The van der Waals surface area contributed by atoms with E-state index in [2.05, 4.69) is 10.3 Å². The van der Waals surface area contributed by atoms with Gasteiger partial charge in [-0.3, -0.25) is 0 Å². The van der Waals surface area contributed by atoms with Gasteiger partial charge in [-0.1, -0.05) is 11.6 Å². The number of anilines is 1. The van der Waals surface area contributed by atoms with Crippen molar-refractivity contribution in [3.05, 3.63) is 23.1 Å². The molecule has 88 valence electrons. The van der Waals surface area contributed by atoms with Crippen molar-refractivity contribution in [1.29, 1.82) is 0 Å². The Balaban J connectivity index is 1.88. The van der Waals surface area contributed by atoms with Gasteiger partial charge in [0.05, 0.1) is 5.02 Å². The summed E-state index contributed by atoms with van der Waals surface area (Å²) in [6.07, 6.45) is 1.45. The molecule has 2 heterocycles. The fraction of sp³-hybridized carbons (Fsp3) is 0.500. The maximum atomic E-state index is 13.4. The monoisotopic (exact) mass is 278 g/mol. The lowest BCUT2D eigenvalue weighted by Crippen LogP contribution is -2.23. The fourth-order valence-corrected chi connectivity index (χ4v) is 4.17. The van der Waals surface area contributed by atoms with Crippen LogP contribution in [-0.4, -0.2) is 34.0 Å². The van der Waals surface area contributed by atoms with Gasteiger partial charge in [0.25, 0.3) is 0 Å². The average molecular weight is 279 g/mol. The standard InChI is InChI=1S/C10H12ClFN2S2/c11-7-3-9(12)10(13-4-7)14-5-8-6-15-1-2-16-8/h3-4,8H,1-2,5-6H2,(H,13,14). The first-order valence-corrected chi connectivity index (χ1v) is 7.58. The van der Waals surface area contributed by atoms with Gasteiger partial charge in [0.15, 0.2) is 11.6 Å². The number of thioether (sulfide) groups is 2. The smallest absolute Gasteiger partial charge is 0.166 e. The molecule has 0 aromatic carbocycles. The van der Waals surface area contributed by atoms with Crippen molar-refractivity contribution in [3.63, 3.8) is 0 Å². The van der Waals surface area contributed by atoms with Crippen LogP contribution in [0.4, 0.5) is 10.2 Å². The predicted octanol–water partition coefficient (Wildman–Crippen LogP) is 3.13. The number of aromatic nitrogens is 1. The van der Waals surface area contributed by atoms with Crippen LogP contribution in [0.1, 0.15) is 0 Å². The highest BCUT2D eigenvalue weighted by molar-refractivity contribution is 8.06. The minimum Gasteiger partial charge on any atom is -0.366 e. The summed E-state index contributed by atoms with van der Waals surface area (Å²) in [4.78, 5) is 3.93. The van der Waals surface area contributed by atoms with E-state index in [1.54, 1.807) is 0 Å². The number of pyridine rings is 1. The van der Waals surface area contributed by atoms with Gasteiger partial charge >= 0.3 is 0 Å². The van der Waals surface area contributed by atoms with E-state index in [0.717, 1.165) is 12.3 Å². The van der Waals surface area contributed by atoms with Crippen molar-refractivity contribution in [2.24, 2.45) is 0 Å². The van der Waals surface area contributed by atoms with E-state index < -0.39 is 0 Å². The maximum Gasteiger partial charge on any atom is 0.166 e. The van der Waals surface area contributed by atoms with Gasteiger partial charge in [0, 0.05) is 35.3 Å². The van der Waals surface area contributed by atoms with Gasteiger partial charge in [-0.05, 0) is 6.07 Å². The third-order valence-corrected chi connectivity index (χ3v) is 5.24. The van der Waals surface area contributed by atoms with Gasteiger partial charge in [0.2, 0.25) is 0 Å².